The first-order chi connectivity index (χ1) is 12.7. The monoisotopic (exact) mass is 353 g/mol. The van der Waals surface area contributed by atoms with Crippen molar-refractivity contribution in [2.24, 2.45) is 0 Å². The SMILES string of the molecule is COC(=O)[C@@H]1CN(CCCN(C)CCc2ccccn2)c2ccccc21. The Bertz CT molecular complexity index is 720. The number of hydrogen-bond donors (Lipinski definition) is 0. The summed E-state index contributed by atoms with van der Waals surface area (Å²) in [5.74, 6) is -0.314. The van der Waals surface area contributed by atoms with Gasteiger partial charge in [-0.1, -0.05) is 24.3 Å². The van der Waals surface area contributed by atoms with Gasteiger partial charge < -0.3 is 14.5 Å². The van der Waals surface area contributed by atoms with E-state index in [0.717, 1.165) is 43.7 Å². The third-order valence-corrected chi connectivity index (χ3v) is 4.99. The van der Waals surface area contributed by atoms with Crippen molar-refractivity contribution in [2.45, 2.75) is 18.8 Å². The lowest BCUT2D eigenvalue weighted by atomic mass is 10.0. The van der Waals surface area contributed by atoms with Gasteiger partial charge in [0.1, 0.15) is 5.92 Å². The van der Waals surface area contributed by atoms with Crippen LogP contribution in [0.1, 0.15) is 23.6 Å². The van der Waals surface area contributed by atoms with Crippen LogP contribution in [0.2, 0.25) is 0 Å². The third-order valence-electron chi connectivity index (χ3n) is 4.99. The van der Waals surface area contributed by atoms with Gasteiger partial charge in [-0.25, -0.2) is 0 Å². The summed E-state index contributed by atoms with van der Waals surface area (Å²) in [5, 5.41) is 0. The number of nitrogens with zero attached hydrogens (tertiary/aromatic N) is 3. The van der Waals surface area contributed by atoms with Crippen molar-refractivity contribution in [3.8, 4) is 0 Å². The third kappa shape index (κ3) is 4.41. The van der Waals surface area contributed by atoms with E-state index < -0.39 is 0 Å². The lowest BCUT2D eigenvalue weighted by molar-refractivity contribution is -0.142. The van der Waals surface area contributed by atoms with Crippen molar-refractivity contribution in [1.29, 1.82) is 0 Å². The molecule has 5 heteroatoms. The Morgan fingerprint density at radius 2 is 2.04 bits per heavy atom. The standard InChI is InChI=1S/C21H27N3O2/c1-23(15-11-17-8-5-6-12-22-17)13-7-14-24-16-19(21(25)26-2)18-9-3-4-10-20(18)24/h3-6,8-10,12,19H,7,11,13-16H2,1-2H3/t19-/m1/s1. The van der Waals surface area contributed by atoms with Gasteiger partial charge in [0.05, 0.1) is 7.11 Å². The van der Waals surface area contributed by atoms with E-state index in [2.05, 4.69) is 34.0 Å². The number of para-hydroxylation sites is 1. The number of ether oxygens (including phenoxy) is 1. The molecule has 0 amide bonds. The van der Waals surface area contributed by atoms with Crippen LogP contribution >= 0.6 is 0 Å². The number of rotatable bonds is 8. The molecule has 1 aromatic carbocycles. The molecule has 26 heavy (non-hydrogen) atoms. The maximum atomic E-state index is 12.1. The molecule has 1 aliphatic rings. The minimum atomic E-state index is -0.168. The molecule has 1 aliphatic heterocycles. The molecule has 0 bridgehead atoms. The first-order valence-corrected chi connectivity index (χ1v) is 9.19. The predicted molar refractivity (Wildman–Crippen MR) is 103 cm³/mol. The number of pyridine rings is 1. The molecular weight excluding hydrogens is 326 g/mol. The smallest absolute Gasteiger partial charge is 0.315 e. The summed E-state index contributed by atoms with van der Waals surface area (Å²) in [6.45, 7) is 3.68. The molecule has 0 spiro atoms. The highest BCUT2D eigenvalue weighted by Gasteiger charge is 2.33. The van der Waals surface area contributed by atoms with Gasteiger partial charge in [-0.3, -0.25) is 9.78 Å². The second kappa shape index (κ2) is 8.81. The van der Waals surface area contributed by atoms with Gasteiger partial charge in [0, 0.05) is 43.6 Å². The summed E-state index contributed by atoms with van der Waals surface area (Å²) in [6.07, 6.45) is 3.87. The first-order valence-electron chi connectivity index (χ1n) is 9.19. The molecule has 5 nitrogen and oxygen atoms in total. The Balaban J connectivity index is 1.48. The fourth-order valence-corrected chi connectivity index (χ4v) is 3.54. The van der Waals surface area contributed by atoms with Gasteiger partial charge in [-0.2, -0.15) is 0 Å². The van der Waals surface area contributed by atoms with E-state index in [4.69, 9.17) is 4.74 Å². The summed E-state index contributed by atoms with van der Waals surface area (Å²) in [6, 6.07) is 14.2. The molecule has 0 saturated heterocycles. The number of anilines is 1. The molecule has 3 rings (SSSR count). The Morgan fingerprint density at radius 1 is 1.23 bits per heavy atom. The van der Waals surface area contributed by atoms with Crippen molar-refractivity contribution in [2.75, 3.05) is 45.2 Å². The summed E-state index contributed by atoms with van der Waals surface area (Å²) in [4.78, 5) is 21.1. The molecule has 0 fully saturated rings. The lowest BCUT2D eigenvalue weighted by Crippen LogP contribution is -2.30. The number of methoxy groups -OCH3 is 1. The molecule has 0 unspecified atom stereocenters. The van der Waals surface area contributed by atoms with Crippen LogP contribution in [0.15, 0.2) is 48.7 Å². The van der Waals surface area contributed by atoms with Crippen molar-refractivity contribution in [1.82, 2.24) is 9.88 Å². The lowest BCUT2D eigenvalue weighted by Gasteiger charge is -2.22. The van der Waals surface area contributed by atoms with Crippen LogP contribution in [0, 0.1) is 0 Å². The van der Waals surface area contributed by atoms with Gasteiger partial charge >= 0.3 is 5.97 Å². The molecule has 1 aromatic heterocycles. The van der Waals surface area contributed by atoms with Crippen molar-refractivity contribution >= 4 is 11.7 Å². The normalized spacial score (nSPS) is 16.0. The van der Waals surface area contributed by atoms with Crippen LogP contribution in [0.5, 0.6) is 0 Å². The molecule has 2 heterocycles. The summed E-state index contributed by atoms with van der Waals surface area (Å²) in [7, 11) is 3.61. The van der Waals surface area contributed by atoms with E-state index in [9.17, 15) is 4.79 Å². The quantitative estimate of drug-likeness (QED) is 0.683. The molecule has 0 saturated carbocycles. The zero-order valence-electron chi connectivity index (χ0n) is 15.6. The van der Waals surface area contributed by atoms with Gasteiger partial charge in [0.15, 0.2) is 0 Å². The second-order valence-electron chi connectivity index (χ2n) is 6.81. The van der Waals surface area contributed by atoms with Crippen LogP contribution in [0.3, 0.4) is 0 Å². The van der Waals surface area contributed by atoms with E-state index in [1.807, 2.05) is 36.5 Å². The largest absolute Gasteiger partial charge is 0.468 e. The fourth-order valence-electron chi connectivity index (χ4n) is 3.54. The summed E-state index contributed by atoms with van der Waals surface area (Å²) >= 11 is 0. The van der Waals surface area contributed by atoms with E-state index in [1.54, 1.807) is 0 Å². The van der Waals surface area contributed by atoms with Crippen molar-refractivity contribution in [3.63, 3.8) is 0 Å². The molecule has 0 aliphatic carbocycles. The number of carbonyl (C=O) groups is 1. The zero-order chi connectivity index (χ0) is 18.4. The van der Waals surface area contributed by atoms with Gasteiger partial charge in [0.2, 0.25) is 0 Å². The highest BCUT2D eigenvalue weighted by Crippen LogP contribution is 2.36. The van der Waals surface area contributed by atoms with E-state index in [-0.39, 0.29) is 11.9 Å². The Labute approximate surface area is 155 Å². The van der Waals surface area contributed by atoms with Crippen LogP contribution in [-0.4, -0.2) is 56.2 Å². The van der Waals surface area contributed by atoms with Crippen molar-refractivity contribution < 1.29 is 9.53 Å². The van der Waals surface area contributed by atoms with Gasteiger partial charge in [0.25, 0.3) is 0 Å². The number of likely N-dealkylation sites (N-methyl/N-ethyl adjacent to an activating group) is 1. The fraction of sp³-hybridized carbons (Fsp3) is 0.429. The first kappa shape index (κ1) is 18.4. The van der Waals surface area contributed by atoms with E-state index >= 15 is 0 Å². The number of carbonyl (C=O) groups excluding carboxylic acids is 1. The van der Waals surface area contributed by atoms with Crippen LogP contribution in [-0.2, 0) is 16.0 Å². The molecular formula is C21H27N3O2. The van der Waals surface area contributed by atoms with Crippen LogP contribution in [0.25, 0.3) is 0 Å². The van der Waals surface area contributed by atoms with Crippen LogP contribution in [0.4, 0.5) is 5.69 Å². The molecule has 1 atom stereocenters. The van der Waals surface area contributed by atoms with Crippen molar-refractivity contribution in [3.05, 3.63) is 59.9 Å². The number of benzene rings is 1. The molecule has 0 radical (unpaired) electrons. The topological polar surface area (TPSA) is 45.7 Å². The predicted octanol–water partition coefficient (Wildman–Crippen LogP) is 2.72. The molecule has 138 valence electrons. The number of hydrogen-bond acceptors (Lipinski definition) is 5. The Hall–Kier alpha value is -2.40. The highest BCUT2D eigenvalue weighted by atomic mass is 16.5. The maximum Gasteiger partial charge on any atom is 0.315 e. The zero-order valence-corrected chi connectivity index (χ0v) is 15.6. The van der Waals surface area contributed by atoms with Gasteiger partial charge in [-0.15, -0.1) is 0 Å². The summed E-state index contributed by atoms with van der Waals surface area (Å²) in [5.41, 5.74) is 3.38. The van der Waals surface area contributed by atoms with E-state index in [0.29, 0.717) is 6.54 Å². The Morgan fingerprint density at radius 3 is 2.81 bits per heavy atom. The van der Waals surface area contributed by atoms with Gasteiger partial charge in [-0.05, 0) is 43.8 Å². The Kier molecular flexibility index (Phi) is 6.23. The van der Waals surface area contributed by atoms with E-state index in [1.165, 1.54) is 12.8 Å². The van der Waals surface area contributed by atoms with Crippen LogP contribution < -0.4 is 4.90 Å². The minimum absolute atomic E-state index is 0.146. The second-order valence-corrected chi connectivity index (χ2v) is 6.81. The summed E-state index contributed by atoms with van der Waals surface area (Å²) < 4.78 is 4.98. The molecule has 0 N–H and O–H groups in total. The highest BCUT2D eigenvalue weighted by molar-refractivity contribution is 5.84. The molecule has 2 aromatic rings. The average Bonchev–Trinajstić information content (AvgIpc) is 3.05. The number of esters is 1. The average molecular weight is 353 g/mol. The number of aromatic nitrogens is 1. The number of fused-ring (bicyclic) bond motifs is 1. The minimum Gasteiger partial charge on any atom is -0.468 e. The maximum absolute atomic E-state index is 12.1.